The van der Waals surface area contributed by atoms with Gasteiger partial charge in [0.15, 0.2) is 23.1 Å². The first-order valence-electron chi connectivity index (χ1n) is 11.4. The Hall–Kier alpha value is -1.13. The monoisotopic (exact) mass is 545 g/mol. The van der Waals surface area contributed by atoms with Crippen molar-refractivity contribution in [2.45, 2.75) is 91.0 Å². The van der Waals surface area contributed by atoms with Crippen LogP contribution in [0.25, 0.3) is 0 Å². The summed E-state index contributed by atoms with van der Waals surface area (Å²) in [4.78, 5) is 11.5. The smallest absolute Gasteiger partial charge is 0.217 e. The van der Waals surface area contributed by atoms with Crippen LogP contribution >= 0.6 is 0 Å². The third kappa shape index (κ3) is 4.56. The molecule has 0 aromatic rings. The van der Waals surface area contributed by atoms with E-state index in [0.29, 0.717) is 0 Å². The molecule has 3 aliphatic heterocycles. The zero-order chi connectivity index (χ0) is 28.1. The first-order chi connectivity index (χ1) is 17.1. The molecule has 1 unspecified atom stereocenters. The molecule has 3 heterocycles. The number of aliphatic hydroxyl groups is 12. The number of aliphatic hydroxyl groups excluding tert-OH is 9. The fraction of sp³-hybridized carbons (Fsp3) is 0.950. The lowest BCUT2D eigenvalue weighted by atomic mass is 9.65. The fourth-order valence-corrected chi connectivity index (χ4v) is 5.26. The van der Waals surface area contributed by atoms with Crippen LogP contribution < -0.4 is 5.32 Å². The average molecular weight is 545 g/mol. The SMILES string of the molecule is CC(=O)N[C@@H]1CO[C@H](CO)[C@@](O)([C@]2(O)CO[C@H](C(O)[C@]3(O)[C@@H](O)O[C@H](CO)[C@@H](O)[C@@H]3O)[C@H](O)[C@@H]2O)[C@@H]1O. The number of amides is 1. The Labute approximate surface area is 209 Å². The maximum Gasteiger partial charge on any atom is 0.217 e. The van der Waals surface area contributed by atoms with Crippen molar-refractivity contribution in [2.24, 2.45) is 0 Å². The molecular weight excluding hydrogens is 510 g/mol. The third-order valence-corrected chi connectivity index (χ3v) is 7.54. The molecule has 216 valence electrons. The Morgan fingerprint density at radius 2 is 1.57 bits per heavy atom. The van der Waals surface area contributed by atoms with Gasteiger partial charge in [-0.05, 0) is 0 Å². The molecule has 0 spiro atoms. The van der Waals surface area contributed by atoms with E-state index < -0.39 is 116 Å². The number of carbonyl (C=O) groups excluding carboxylic acids is 1. The number of carbonyl (C=O) groups is 1. The number of ether oxygens (including phenoxy) is 3. The molecule has 0 aromatic carbocycles. The molecule has 0 aliphatic carbocycles. The minimum absolute atomic E-state index is 0.412. The van der Waals surface area contributed by atoms with Crippen molar-refractivity contribution < 1.29 is 80.3 Å². The molecule has 3 aliphatic rings. The quantitative estimate of drug-likeness (QED) is 0.147. The van der Waals surface area contributed by atoms with Gasteiger partial charge in [0.2, 0.25) is 5.91 Å². The van der Waals surface area contributed by atoms with Crippen molar-refractivity contribution in [1.82, 2.24) is 5.32 Å². The lowest BCUT2D eigenvalue weighted by Gasteiger charge is -2.58. The van der Waals surface area contributed by atoms with Gasteiger partial charge in [0.1, 0.15) is 54.9 Å². The Balaban J connectivity index is 1.91. The Morgan fingerprint density at radius 1 is 0.946 bits per heavy atom. The van der Waals surface area contributed by atoms with Crippen molar-refractivity contribution in [2.75, 3.05) is 26.4 Å². The normalized spacial score (nSPS) is 51.9. The summed E-state index contributed by atoms with van der Waals surface area (Å²) in [6.07, 6.45) is -21.8. The number of hydrogen-bond donors (Lipinski definition) is 13. The lowest BCUT2D eigenvalue weighted by molar-refractivity contribution is -0.381. The highest BCUT2D eigenvalue weighted by Gasteiger charge is 2.70. The van der Waals surface area contributed by atoms with Gasteiger partial charge in [-0.15, -0.1) is 0 Å². The van der Waals surface area contributed by atoms with Crippen molar-refractivity contribution >= 4 is 5.91 Å². The molecule has 3 fully saturated rings. The van der Waals surface area contributed by atoms with Gasteiger partial charge >= 0.3 is 0 Å². The molecule has 1 amide bonds. The van der Waals surface area contributed by atoms with Crippen LogP contribution in [0.1, 0.15) is 6.92 Å². The molecule has 0 aromatic heterocycles. The molecule has 0 saturated carbocycles. The summed E-state index contributed by atoms with van der Waals surface area (Å²) in [6, 6.07) is -1.34. The highest BCUT2D eigenvalue weighted by atomic mass is 16.6. The number of hydrogen-bond acceptors (Lipinski definition) is 16. The highest BCUT2D eigenvalue weighted by molar-refractivity contribution is 5.73. The summed E-state index contributed by atoms with van der Waals surface area (Å²) < 4.78 is 15.3. The summed E-state index contributed by atoms with van der Waals surface area (Å²) in [7, 11) is 0. The van der Waals surface area contributed by atoms with E-state index in [1.807, 2.05) is 0 Å². The van der Waals surface area contributed by atoms with E-state index in [1.165, 1.54) is 0 Å². The van der Waals surface area contributed by atoms with Gasteiger partial charge in [-0.3, -0.25) is 4.79 Å². The second kappa shape index (κ2) is 10.8. The number of nitrogens with one attached hydrogen (secondary N) is 1. The molecule has 17 heteroatoms. The van der Waals surface area contributed by atoms with Gasteiger partial charge < -0.3 is 80.8 Å². The summed E-state index contributed by atoms with van der Waals surface area (Å²) in [5, 5.41) is 129. The molecule has 17 nitrogen and oxygen atoms in total. The molecule has 0 bridgehead atoms. The van der Waals surface area contributed by atoms with Crippen LogP contribution in [0.5, 0.6) is 0 Å². The molecule has 0 radical (unpaired) electrons. The van der Waals surface area contributed by atoms with Crippen molar-refractivity contribution in [3.8, 4) is 0 Å². The first kappa shape index (κ1) is 30.4. The van der Waals surface area contributed by atoms with E-state index in [4.69, 9.17) is 14.2 Å². The van der Waals surface area contributed by atoms with E-state index in [2.05, 4.69) is 5.32 Å². The predicted octanol–water partition coefficient (Wildman–Crippen LogP) is -8.65. The molecule has 3 saturated heterocycles. The minimum Gasteiger partial charge on any atom is -0.394 e. The summed E-state index contributed by atoms with van der Waals surface area (Å²) in [5.74, 6) is -0.654. The zero-order valence-corrected chi connectivity index (χ0v) is 19.7. The van der Waals surface area contributed by atoms with E-state index in [9.17, 15) is 66.1 Å². The van der Waals surface area contributed by atoms with Gasteiger partial charge in [0.25, 0.3) is 0 Å². The van der Waals surface area contributed by atoms with Gasteiger partial charge in [-0.1, -0.05) is 0 Å². The van der Waals surface area contributed by atoms with Gasteiger partial charge in [-0.2, -0.15) is 0 Å². The maximum atomic E-state index is 11.5. The van der Waals surface area contributed by atoms with E-state index in [0.717, 1.165) is 6.92 Å². The van der Waals surface area contributed by atoms with Crippen LogP contribution in [0, 0.1) is 0 Å². The first-order valence-corrected chi connectivity index (χ1v) is 11.4. The van der Waals surface area contributed by atoms with Gasteiger partial charge in [0, 0.05) is 6.92 Å². The van der Waals surface area contributed by atoms with Crippen LogP contribution in [0.3, 0.4) is 0 Å². The van der Waals surface area contributed by atoms with Crippen molar-refractivity contribution in [3.05, 3.63) is 0 Å². The van der Waals surface area contributed by atoms with Gasteiger partial charge in [-0.25, -0.2) is 0 Å². The van der Waals surface area contributed by atoms with Gasteiger partial charge in [0.05, 0.1) is 32.5 Å². The molecule has 14 atom stereocenters. The van der Waals surface area contributed by atoms with Crippen molar-refractivity contribution in [3.63, 3.8) is 0 Å². The topological polar surface area (TPSA) is 300 Å². The Morgan fingerprint density at radius 3 is 2.11 bits per heavy atom. The van der Waals surface area contributed by atoms with Crippen LogP contribution in [-0.2, 0) is 19.0 Å². The second-order valence-corrected chi connectivity index (χ2v) is 9.69. The highest BCUT2D eigenvalue weighted by Crippen LogP contribution is 2.44. The summed E-state index contributed by atoms with van der Waals surface area (Å²) in [5.41, 5.74) is -9.17. The third-order valence-electron chi connectivity index (χ3n) is 7.54. The maximum absolute atomic E-state index is 11.5. The van der Waals surface area contributed by atoms with E-state index >= 15 is 0 Å². The largest absolute Gasteiger partial charge is 0.394 e. The van der Waals surface area contributed by atoms with E-state index in [1.54, 1.807) is 0 Å². The summed E-state index contributed by atoms with van der Waals surface area (Å²) >= 11 is 0. The van der Waals surface area contributed by atoms with Crippen LogP contribution in [0.15, 0.2) is 0 Å². The average Bonchev–Trinajstić information content (AvgIpc) is 2.85. The second-order valence-electron chi connectivity index (χ2n) is 9.69. The summed E-state index contributed by atoms with van der Waals surface area (Å²) in [6.45, 7) is -2.40. The Bertz CT molecular complexity index is 821. The van der Waals surface area contributed by atoms with E-state index in [-0.39, 0.29) is 0 Å². The predicted molar refractivity (Wildman–Crippen MR) is 113 cm³/mol. The standard InChI is InChI=1S/C20H35NO16/c1-6(24)21-7-4-35-9(3-23)20(34,13(7)27)18(32)5-36-12(11(26)14(18)28)16(30)19(33)15(29)10(25)8(2-22)37-17(19)31/h7-17,22-23,25-34H,2-5H2,1H3,(H,21,24)/t7-,8-,9-,10-,11+,12+,13-,14+,15+,16?,17+,18+,19+,20+/m1/s1. The van der Waals surface area contributed by atoms with Crippen LogP contribution in [0.2, 0.25) is 0 Å². The fourth-order valence-electron chi connectivity index (χ4n) is 5.26. The zero-order valence-electron chi connectivity index (χ0n) is 19.7. The molecule has 13 N–H and O–H groups in total. The van der Waals surface area contributed by atoms with Crippen LogP contribution in [-0.4, -0.2) is 178 Å². The molecule has 3 rings (SSSR count). The Kier molecular flexibility index (Phi) is 8.87. The number of rotatable bonds is 6. The van der Waals surface area contributed by atoms with Crippen LogP contribution in [0.4, 0.5) is 0 Å². The molecule has 37 heavy (non-hydrogen) atoms. The minimum atomic E-state index is -3.15. The molecular formula is C20H35NO16. The lowest BCUT2D eigenvalue weighted by Crippen LogP contribution is -2.83. The van der Waals surface area contributed by atoms with Crippen molar-refractivity contribution in [1.29, 1.82) is 0 Å².